The SMILES string of the molecule is COc1cc(C)ccc1OCCNC(=O)N1CCC(Cc2ccccc2)CC1. The first-order chi connectivity index (χ1) is 13.7. The van der Waals surface area contributed by atoms with Gasteiger partial charge in [-0.1, -0.05) is 36.4 Å². The lowest BCUT2D eigenvalue weighted by molar-refractivity contribution is 0.168. The average molecular weight is 383 g/mol. The highest BCUT2D eigenvalue weighted by atomic mass is 16.5. The maximum atomic E-state index is 12.4. The molecule has 0 aromatic heterocycles. The number of aryl methyl sites for hydroxylation is 1. The van der Waals surface area contributed by atoms with Crippen LogP contribution in [0.2, 0.25) is 0 Å². The van der Waals surface area contributed by atoms with Gasteiger partial charge in [-0.15, -0.1) is 0 Å². The number of methoxy groups -OCH3 is 1. The third-order valence-corrected chi connectivity index (χ3v) is 5.22. The molecule has 1 heterocycles. The van der Waals surface area contributed by atoms with E-state index in [0.29, 0.717) is 30.6 Å². The summed E-state index contributed by atoms with van der Waals surface area (Å²) >= 11 is 0. The highest BCUT2D eigenvalue weighted by Crippen LogP contribution is 2.27. The number of nitrogens with one attached hydrogen (secondary N) is 1. The van der Waals surface area contributed by atoms with Crippen molar-refractivity contribution in [3.63, 3.8) is 0 Å². The van der Waals surface area contributed by atoms with Crippen molar-refractivity contribution in [3.05, 3.63) is 59.7 Å². The number of nitrogens with zero attached hydrogens (tertiary/aromatic N) is 1. The molecule has 0 radical (unpaired) electrons. The molecule has 0 unspecified atom stereocenters. The highest BCUT2D eigenvalue weighted by molar-refractivity contribution is 5.74. The van der Waals surface area contributed by atoms with Crippen LogP contribution in [0.5, 0.6) is 11.5 Å². The van der Waals surface area contributed by atoms with Crippen LogP contribution in [0, 0.1) is 12.8 Å². The molecule has 1 N–H and O–H groups in total. The van der Waals surface area contributed by atoms with E-state index in [2.05, 4.69) is 35.6 Å². The molecule has 0 aliphatic carbocycles. The maximum absolute atomic E-state index is 12.4. The smallest absolute Gasteiger partial charge is 0.317 e. The maximum Gasteiger partial charge on any atom is 0.317 e. The van der Waals surface area contributed by atoms with Gasteiger partial charge in [0.25, 0.3) is 0 Å². The zero-order valence-corrected chi connectivity index (χ0v) is 16.8. The molecule has 1 fully saturated rings. The highest BCUT2D eigenvalue weighted by Gasteiger charge is 2.22. The van der Waals surface area contributed by atoms with Gasteiger partial charge in [0.1, 0.15) is 6.61 Å². The number of amides is 2. The summed E-state index contributed by atoms with van der Waals surface area (Å²) < 4.78 is 11.1. The van der Waals surface area contributed by atoms with Crippen molar-refractivity contribution in [2.75, 3.05) is 33.4 Å². The summed E-state index contributed by atoms with van der Waals surface area (Å²) in [5.41, 5.74) is 2.50. The van der Waals surface area contributed by atoms with E-state index in [1.165, 1.54) is 5.56 Å². The van der Waals surface area contributed by atoms with Crippen molar-refractivity contribution >= 4 is 6.03 Å². The van der Waals surface area contributed by atoms with Crippen molar-refractivity contribution in [2.45, 2.75) is 26.2 Å². The van der Waals surface area contributed by atoms with Crippen LogP contribution in [0.1, 0.15) is 24.0 Å². The van der Waals surface area contributed by atoms with E-state index in [-0.39, 0.29) is 6.03 Å². The third-order valence-electron chi connectivity index (χ3n) is 5.22. The summed E-state index contributed by atoms with van der Waals surface area (Å²) in [6.45, 7) is 4.52. The van der Waals surface area contributed by atoms with Gasteiger partial charge in [-0.05, 0) is 55.4 Å². The minimum Gasteiger partial charge on any atom is -0.493 e. The second-order valence-corrected chi connectivity index (χ2v) is 7.35. The van der Waals surface area contributed by atoms with Crippen molar-refractivity contribution < 1.29 is 14.3 Å². The van der Waals surface area contributed by atoms with E-state index in [9.17, 15) is 4.79 Å². The molecule has 0 atom stereocenters. The Kier molecular flexibility index (Phi) is 7.18. The molecule has 2 amide bonds. The number of rotatable bonds is 7. The zero-order valence-electron chi connectivity index (χ0n) is 16.8. The fourth-order valence-corrected chi connectivity index (χ4v) is 3.61. The number of ether oxygens (including phenoxy) is 2. The topological polar surface area (TPSA) is 50.8 Å². The van der Waals surface area contributed by atoms with E-state index >= 15 is 0 Å². The summed E-state index contributed by atoms with van der Waals surface area (Å²) in [6.07, 6.45) is 3.21. The Morgan fingerprint density at radius 1 is 1.11 bits per heavy atom. The molecule has 0 bridgehead atoms. The summed E-state index contributed by atoms with van der Waals surface area (Å²) in [6, 6.07) is 16.4. The van der Waals surface area contributed by atoms with Crippen LogP contribution < -0.4 is 14.8 Å². The Balaban J connectivity index is 1.36. The van der Waals surface area contributed by atoms with Gasteiger partial charge in [0, 0.05) is 13.1 Å². The molecule has 28 heavy (non-hydrogen) atoms. The average Bonchev–Trinajstić information content (AvgIpc) is 2.73. The van der Waals surface area contributed by atoms with Crippen LogP contribution >= 0.6 is 0 Å². The lowest BCUT2D eigenvalue weighted by Gasteiger charge is -2.32. The van der Waals surface area contributed by atoms with Crippen LogP contribution in [0.25, 0.3) is 0 Å². The Bertz CT molecular complexity index is 756. The quantitative estimate of drug-likeness (QED) is 0.735. The van der Waals surface area contributed by atoms with Crippen molar-refractivity contribution in [3.8, 4) is 11.5 Å². The lowest BCUT2D eigenvalue weighted by Crippen LogP contribution is -2.45. The van der Waals surface area contributed by atoms with E-state index < -0.39 is 0 Å². The van der Waals surface area contributed by atoms with E-state index in [1.54, 1.807) is 7.11 Å². The molecule has 1 aliphatic heterocycles. The predicted molar refractivity (Wildman–Crippen MR) is 111 cm³/mol. The zero-order chi connectivity index (χ0) is 19.8. The van der Waals surface area contributed by atoms with Gasteiger partial charge in [0.15, 0.2) is 11.5 Å². The van der Waals surface area contributed by atoms with Crippen LogP contribution in [0.3, 0.4) is 0 Å². The molecule has 0 saturated carbocycles. The molecule has 2 aromatic carbocycles. The standard InChI is InChI=1S/C23H30N2O3/c1-18-8-9-21(22(16-18)27-2)28-15-12-24-23(26)25-13-10-20(11-14-25)17-19-6-4-3-5-7-19/h3-9,16,20H,10-15,17H2,1-2H3,(H,24,26). The van der Waals surface area contributed by atoms with Crippen LogP contribution in [0.4, 0.5) is 4.79 Å². The number of carbonyl (C=O) groups is 1. The molecule has 2 aromatic rings. The summed E-state index contributed by atoms with van der Waals surface area (Å²) in [4.78, 5) is 14.3. The molecule has 1 saturated heterocycles. The third kappa shape index (κ3) is 5.65. The number of piperidine rings is 1. The second kappa shape index (κ2) is 10.0. The number of carbonyl (C=O) groups excluding carboxylic acids is 1. The van der Waals surface area contributed by atoms with Gasteiger partial charge < -0.3 is 19.7 Å². The van der Waals surface area contributed by atoms with Crippen molar-refractivity contribution in [1.82, 2.24) is 10.2 Å². The van der Waals surface area contributed by atoms with E-state index in [4.69, 9.17) is 9.47 Å². The first-order valence-electron chi connectivity index (χ1n) is 10.00. The van der Waals surface area contributed by atoms with Gasteiger partial charge in [0.05, 0.1) is 13.7 Å². The van der Waals surface area contributed by atoms with Crippen molar-refractivity contribution in [2.24, 2.45) is 5.92 Å². The Hall–Kier alpha value is -2.69. The Morgan fingerprint density at radius 3 is 2.57 bits per heavy atom. The molecule has 3 rings (SSSR count). The van der Waals surface area contributed by atoms with Gasteiger partial charge >= 0.3 is 6.03 Å². The lowest BCUT2D eigenvalue weighted by atomic mass is 9.90. The van der Waals surface area contributed by atoms with Gasteiger partial charge in [-0.3, -0.25) is 0 Å². The fourth-order valence-electron chi connectivity index (χ4n) is 3.61. The van der Waals surface area contributed by atoms with Crippen LogP contribution in [0.15, 0.2) is 48.5 Å². The largest absolute Gasteiger partial charge is 0.493 e. The second-order valence-electron chi connectivity index (χ2n) is 7.35. The number of hydrogen-bond donors (Lipinski definition) is 1. The number of urea groups is 1. The molecular formula is C23H30N2O3. The molecule has 5 nitrogen and oxygen atoms in total. The minimum atomic E-state index is -0.00219. The summed E-state index contributed by atoms with van der Waals surface area (Å²) in [7, 11) is 1.63. The summed E-state index contributed by atoms with van der Waals surface area (Å²) in [5.74, 6) is 2.07. The van der Waals surface area contributed by atoms with Crippen LogP contribution in [-0.2, 0) is 6.42 Å². The molecular weight excluding hydrogens is 352 g/mol. The first kappa shape index (κ1) is 20.1. The first-order valence-corrected chi connectivity index (χ1v) is 10.00. The summed E-state index contributed by atoms with van der Waals surface area (Å²) in [5, 5.41) is 2.96. The van der Waals surface area contributed by atoms with E-state index in [0.717, 1.165) is 37.9 Å². The van der Waals surface area contributed by atoms with Crippen LogP contribution in [-0.4, -0.2) is 44.3 Å². The molecule has 5 heteroatoms. The monoisotopic (exact) mass is 382 g/mol. The fraction of sp³-hybridized carbons (Fsp3) is 0.435. The van der Waals surface area contributed by atoms with Gasteiger partial charge in [0.2, 0.25) is 0 Å². The van der Waals surface area contributed by atoms with Crippen molar-refractivity contribution in [1.29, 1.82) is 0 Å². The minimum absolute atomic E-state index is 0.00219. The molecule has 0 spiro atoms. The Labute approximate surface area is 167 Å². The van der Waals surface area contributed by atoms with Gasteiger partial charge in [-0.25, -0.2) is 4.79 Å². The Morgan fingerprint density at radius 2 is 1.86 bits per heavy atom. The van der Waals surface area contributed by atoms with E-state index in [1.807, 2.05) is 30.0 Å². The predicted octanol–water partition coefficient (Wildman–Crippen LogP) is 4.05. The number of hydrogen-bond acceptors (Lipinski definition) is 3. The molecule has 150 valence electrons. The number of benzene rings is 2. The normalized spacial score (nSPS) is 14.6. The number of likely N-dealkylation sites (tertiary alicyclic amines) is 1. The molecule has 1 aliphatic rings. The van der Waals surface area contributed by atoms with Gasteiger partial charge in [-0.2, -0.15) is 0 Å².